The van der Waals surface area contributed by atoms with Gasteiger partial charge in [-0.1, -0.05) is 83.0 Å². The van der Waals surface area contributed by atoms with Gasteiger partial charge in [0.15, 0.2) is 0 Å². The Balaban J connectivity index is 2.26. The molecule has 2 aromatic carbocycles. The second-order valence-corrected chi connectivity index (χ2v) is 12.5. The Bertz CT molecular complexity index is 921. The predicted molar refractivity (Wildman–Crippen MR) is 141 cm³/mol. The molecule has 2 atom stereocenters. The lowest BCUT2D eigenvalue weighted by Gasteiger charge is -2.27. The second kappa shape index (κ2) is 11.9. The Hall–Kier alpha value is -2.01. The van der Waals surface area contributed by atoms with Crippen molar-refractivity contribution in [1.29, 1.82) is 0 Å². The number of rotatable bonds is 10. The van der Waals surface area contributed by atoms with Crippen molar-refractivity contribution >= 4 is 34.4 Å². The van der Waals surface area contributed by atoms with E-state index in [9.17, 15) is 9.59 Å². The predicted octanol–water partition coefficient (Wildman–Crippen LogP) is 6.55. The molecule has 0 saturated carbocycles. The van der Waals surface area contributed by atoms with Crippen molar-refractivity contribution in [2.24, 2.45) is 5.92 Å². The molecule has 0 heterocycles. The van der Waals surface area contributed by atoms with E-state index >= 15 is 0 Å². The maximum atomic E-state index is 13.5. The van der Waals surface area contributed by atoms with Gasteiger partial charge in [0.1, 0.15) is 11.6 Å². The van der Waals surface area contributed by atoms with Gasteiger partial charge in [-0.05, 0) is 49.9 Å². The molecule has 2 rings (SSSR count). The van der Waals surface area contributed by atoms with E-state index in [-0.39, 0.29) is 22.5 Å². The van der Waals surface area contributed by atoms with Gasteiger partial charge in [-0.25, -0.2) is 4.79 Å². The van der Waals surface area contributed by atoms with Gasteiger partial charge in [0, 0.05) is 10.5 Å². The van der Waals surface area contributed by atoms with E-state index in [1.54, 1.807) is 11.8 Å². The number of esters is 1. The highest BCUT2D eigenvalue weighted by Gasteiger charge is 2.30. The molecule has 0 aliphatic heterocycles. The number of fused-ring (bicyclic) bond motifs is 1. The minimum atomic E-state index is -0.619. The number of carbonyl (C=O) groups is 2. The van der Waals surface area contributed by atoms with E-state index in [2.05, 4.69) is 57.3 Å². The molecule has 5 heteroatoms. The van der Waals surface area contributed by atoms with Crippen LogP contribution >= 0.6 is 11.8 Å². The molecule has 0 radical (unpaired) electrons. The first-order valence-corrected chi connectivity index (χ1v) is 13.0. The van der Waals surface area contributed by atoms with Crippen LogP contribution in [-0.2, 0) is 20.7 Å². The number of benzene rings is 2. The van der Waals surface area contributed by atoms with Crippen LogP contribution in [0.25, 0.3) is 10.8 Å². The zero-order valence-electron chi connectivity index (χ0n) is 21.4. The quantitative estimate of drug-likeness (QED) is 0.399. The van der Waals surface area contributed by atoms with Gasteiger partial charge in [-0.15, -0.1) is 0 Å². The summed E-state index contributed by atoms with van der Waals surface area (Å²) in [5.74, 6) is 0.0165. The highest BCUT2D eigenvalue weighted by atomic mass is 32.2. The van der Waals surface area contributed by atoms with Crippen LogP contribution in [0, 0.1) is 5.92 Å². The monoisotopic (exact) mass is 471 g/mol. The molecule has 1 N–H and O–H groups in total. The van der Waals surface area contributed by atoms with E-state index in [4.69, 9.17) is 4.74 Å². The molecule has 1 unspecified atom stereocenters. The number of thioether (sulfide) groups is 1. The van der Waals surface area contributed by atoms with Crippen molar-refractivity contribution in [3.05, 3.63) is 48.0 Å². The van der Waals surface area contributed by atoms with Gasteiger partial charge in [0.05, 0.1) is 5.92 Å². The number of unbranched alkanes of at least 4 members (excludes halogenated alkanes) is 1. The summed E-state index contributed by atoms with van der Waals surface area (Å²) in [6, 6.07) is 13.9. The first kappa shape index (κ1) is 27.2. The average Bonchev–Trinajstić information content (AvgIpc) is 2.72. The lowest BCUT2D eigenvalue weighted by molar-refractivity contribution is -0.159. The minimum Gasteiger partial charge on any atom is -0.458 e. The molecular weight excluding hydrogens is 430 g/mol. The van der Waals surface area contributed by atoms with Crippen LogP contribution in [0.5, 0.6) is 0 Å². The lowest BCUT2D eigenvalue weighted by atomic mass is 9.95. The smallest absolute Gasteiger partial charge is 0.329 e. The maximum Gasteiger partial charge on any atom is 0.329 e. The molecule has 1 amide bonds. The second-order valence-electron chi connectivity index (χ2n) is 10.7. The zero-order chi connectivity index (χ0) is 24.6. The van der Waals surface area contributed by atoms with E-state index in [1.165, 1.54) is 10.8 Å². The fourth-order valence-electron chi connectivity index (χ4n) is 3.63. The van der Waals surface area contributed by atoms with Crippen LogP contribution in [0.2, 0.25) is 0 Å². The molecule has 33 heavy (non-hydrogen) atoms. The molecular formula is C28H41NO3S. The molecule has 182 valence electrons. The maximum absolute atomic E-state index is 13.5. The lowest BCUT2D eigenvalue weighted by Crippen LogP contribution is -2.47. The van der Waals surface area contributed by atoms with Crippen molar-refractivity contribution in [2.75, 3.05) is 5.75 Å². The van der Waals surface area contributed by atoms with Crippen LogP contribution in [0.15, 0.2) is 42.5 Å². The Labute approximate surface area is 204 Å². The number of nitrogens with one attached hydrogen (secondary N) is 1. The van der Waals surface area contributed by atoms with Gasteiger partial charge in [-0.2, -0.15) is 11.8 Å². The van der Waals surface area contributed by atoms with E-state index in [0.29, 0.717) is 18.6 Å². The van der Waals surface area contributed by atoms with Gasteiger partial charge < -0.3 is 10.1 Å². The summed E-state index contributed by atoms with van der Waals surface area (Å²) in [6.07, 6.45) is 3.03. The summed E-state index contributed by atoms with van der Waals surface area (Å²) in [5.41, 5.74) is 0.571. The van der Waals surface area contributed by atoms with Crippen LogP contribution in [0.1, 0.15) is 73.3 Å². The molecule has 2 aromatic rings. The van der Waals surface area contributed by atoms with E-state index < -0.39 is 11.6 Å². The third kappa shape index (κ3) is 9.40. The third-order valence-corrected chi connectivity index (χ3v) is 6.72. The minimum absolute atomic E-state index is 0.0457. The first-order valence-electron chi connectivity index (χ1n) is 12.0. The Morgan fingerprint density at radius 2 is 1.67 bits per heavy atom. The van der Waals surface area contributed by atoms with Gasteiger partial charge >= 0.3 is 5.97 Å². The third-order valence-electron chi connectivity index (χ3n) is 5.29. The summed E-state index contributed by atoms with van der Waals surface area (Å²) in [4.78, 5) is 26.3. The molecule has 0 saturated heterocycles. The fraction of sp³-hybridized carbons (Fsp3) is 0.571. The standard InChI is InChI=1S/C28H41NO3S/c1-8-9-17-24(26(31)32-27(2,3)4)29-25(30)22(19-33-28(5,6)7)18-21-15-12-14-20-13-10-11-16-23(20)21/h10-16,22,24H,8-9,17-19H2,1-7H3,(H,29,30)/t22?,24-/m0/s1. The average molecular weight is 472 g/mol. The van der Waals surface area contributed by atoms with Gasteiger partial charge in [0.2, 0.25) is 5.91 Å². The summed E-state index contributed by atoms with van der Waals surface area (Å²) in [5, 5.41) is 5.40. The van der Waals surface area contributed by atoms with Crippen molar-refractivity contribution in [3.63, 3.8) is 0 Å². The molecule has 0 aliphatic rings. The summed E-state index contributed by atoms with van der Waals surface area (Å²) < 4.78 is 5.65. The number of carbonyl (C=O) groups excluding carboxylic acids is 2. The SMILES string of the molecule is CCCC[C@H](NC(=O)C(CSC(C)(C)C)Cc1cccc2ccccc12)C(=O)OC(C)(C)C. The number of amides is 1. The Morgan fingerprint density at radius 3 is 2.30 bits per heavy atom. The molecule has 0 bridgehead atoms. The molecule has 4 nitrogen and oxygen atoms in total. The Kier molecular flexibility index (Phi) is 9.84. The number of ether oxygens (including phenoxy) is 1. The van der Waals surface area contributed by atoms with Crippen molar-refractivity contribution in [3.8, 4) is 0 Å². The number of hydrogen-bond donors (Lipinski definition) is 1. The molecule has 0 aromatic heterocycles. The van der Waals surface area contributed by atoms with Crippen LogP contribution in [-0.4, -0.2) is 34.0 Å². The first-order chi connectivity index (χ1) is 15.4. The van der Waals surface area contributed by atoms with Crippen LogP contribution in [0.3, 0.4) is 0 Å². The summed E-state index contributed by atoms with van der Waals surface area (Å²) >= 11 is 1.78. The summed E-state index contributed by atoms with van der Waals surface area (Å²) in [6.45, 7) is 14.1. The normalized spacial score (nSPS) is 14.0. The van der Waals surface area contributed by atoms with E-state index in [0.717, 1.165) is 18.4 Å². The number of hydrogen-bond acceptors (Lipinski definition) is 4. The van der Waals surface area contributed by atoms with Crippen molar-refractivity contribution in [1.82, 2.24) is 5.32 Å². The Morgan fingerprint density at radius 1 is 1.00 bits per heavy atom. The van der Waals surface area contributed by atoms with Crippen LogP contribution in [0.4, 0.5) is 0 Å². The highest BCUT2D eigenvalue weighted by molar-refractivity contribution is 8.00. The van der Waals surface area contributed by atoms with Crippen molar-refractivity contribution in [2.45, 2.75) is 90.5 Å². The molecule has 0 fully saturated rings. The fourth-order valence-corrected chi connectivity index (χ4v) is 4.60. The molecule has 0 spiro atoms. The van der Waals surface area contributed by atoms with Gasteiger partial charge in [0.25, 0.3) is 0 Å². The van der Waals surface area contributed by atoms with Crippen molar-refractivity contribution < 1.29 is 14.3 Å². The largest absolute Gasteiger partial charge is 0.458 e. The van der Waals surface area contributed by atoms with Gasteiger partial charge in [-0.3, -0.25) is 4.79 Å². The zero-order valence-corrected chi connectivity index (χ0v) is 22.2. The molecule has 0 aliphatic carbocycles. The summed E-state index contributed by atoms with van der Waals surface area (Å²) in [7, 11) is 0. The highest BCUT2D eigenvalue weighted by Crippen LogP contribution is 2.29. The topological polar surface area (TPSA) is 55.4 Å². The van der Waals surface area contributed by atoms with Crippen LogP contribution < -0.4 is 5.32 Å². The van der Waals surface area contributed by atoms with E-state index in [1.807, 2.05) is 39.0 Å².